The second-order valence-electron chi connectivity index (χ2n) is 13.1. The molecule has 0 nitrogen and oxygen atoms in total. The molecule has 1 aliphatic rings. The Morgan fingerprint density at radius 2 is 1.09 bits per heavy atom. The molecule has 0 fully saturated rings. The first-order valence-electron chi connectivity index (χ1n) is 12.5. The van der Waals surface area contributed by atoms with Crippen LogP contribution in [0.4, 0.5) is 0 Å². The van der Waals surface area contributed by atoms with Crippen molar-refractivity contribution in [2.75, 3.05) is 0 Å². The van der Waals surface area contributed by atoms with Crippen molar-refractivity contribution in [3.05, 3.63) is 76.4 Å². The van der Waals surface area contributed by atoms with Crippen LogP contribution in [0.3, 0.4) is 0 Å². The summed E-state index contributed by atoms with van der Waals surface area (Å²) in [4.78, 5) is 0. The average molecular weight is 532 g/mol. The van der Waals surface area contributed by atoms with Crippen LogP contribution < -0.4 is 0 Å². The summed E-state index contributed by atoms with van der Waals surface area (Å²) in [5, 5.41) is 5.55. The van der Waals surface area contributed by atoms with Gasteiger partial charge in [0.05, 0.1) is 0 Å². The summed E-state index contributed by atoms with van der Waals surface area (Å²) >= 11 is 0. The van der Waals surface area contributed by atoms with Crippen LogP contribution in [-0.4, -0.2) is 0 Å². The van der Waals surface area contributed by atoms with Crippen LogP contribution in [0.2, 0.25) is 0 Å². The maximum Gasteiger partial charge on any atom is 2.00 e. The SMILES string of the molecule is CC1[C-]=CC(C(C)(C)C)=C1.Cc1cc2[cH-]c3cc(C)c(C(C)(C)C)cc3c2cc1C(C)(C)C.[Zr+2]. The van der Waals surface area contributed by atoms with E-state index in [0.717, 1.165) is 0 Å². The first-order valence-corrected chi connectivity index (χ1v) is 12.5. The summed E-state index contributed by atoms with van der Waals surface area (Å²) in [7, 11) is 0. The van der Waals surface area contributed by atoms with Crippen molar-refractivity contribution >= 4 is 21.5 Å². The molecule has 0 heterocycles. The Morgan fingerprint density at radius 1 is 0.676 bits per heavy atom. The van der Waals surface area contributed by atoms with Crippen LogP contribution in [0.1, 0.15) is 91.5 Å². The zero-order valence-corrected chi connectivity index (χ0v) is 26.1. The van der Waals surface area contributed by atoms with Crippen LogP contribution in [0.15, 0.2) is 48.1 Å². The van der Waals surface area contributed by atoms with E-state index in [9.17, 15) is 0 Å². The van der Waals surface area contributed by atoms with Gasteiger partial charge >= 0.3 is 26.2 Å². The first-order chi connectivity index (χ1) is 15.0. The topological polar surface area (TPSA) is 0 Å². The second-order valence-corrected chi connectivity index (χ2v) is 13.1. The van der Waals surface area contributed by atoms with Gasteiger partial charge in [-0.3, -0.25) is 6.08 Å². The van der Waals surface area contributed by atoms with Crippen molar-refractivity contribution in [3.8, 4) is 0 Å². The van der Waals surface area contributed by atoms with E-state index >= 15 is 0 Å². The third-order valence-corrected chi connectivity index (χ3v) is 6.81. The van der Waals surface area contributed by atoms with Gasteiger partial charge in [0.25, 0.3) is 0 Å². The molecule has 0 saturated carbocycles. The van der Waals surface area contributed by atoms with Crippen molar-refractivity contribution in [2.24, 2.45) is 11.3 Å². The molecule has 0 aliphatic heterocycles. The molecule has 1 atom stereocenters. The van der Waals surface area contributed by atoms with E-state index in [4.69, 9.17) is 0 Å². The molecule has 1 heteroatoms. The molecule has 0 aromatic heterocycles. The van der Waals surface area contributed by atoms with Gasteiger partial charge in [-0.15, -0.1) is 39.7 Å². The Balaban J connectivity index is 0.000000314. The number of hydrogen-bond acceptors (Lipinski definition) is 0. The van der Waals surface area contributed by atoms with Crippen molar-refractivity contribution in [2.45, 2.75) is 93.9 Å². The molecule has 1 aliphatic carbocycles. The standard InChI is InChI=1S/C23H29.C10H15.Zr/c1-14-9-16-11-17-10-15(2)21(23(6,7)8)13-19(17)18(16)12-20(14)22(3,4)5;1-8-5-6-9(7-8)10(2,3)4;/h9-13H,1-8H3;6-8H,1-4H3;/q2*-1;+2. The summed E-state index contributed by atoms with van der Waals surface area (Å²) in [6.07, 6.45) is 7.65. The van der Waals surface area contributed by atoms with Gasteiger partial charge in [-0.1, -0.05) is 115 Å². The Bertz CT molecular complexity index is 1150. The van der Waals surface area contributed by atoms with Crippen molar-refractivity contribution < 1.29 is 26.2 Å². The fraction of sp³-hybridized carbons (Fsp3) is 0.485. The molecule has 0 radical (unpaired) electrons. The number of aryl methyl sites for hydroxylation is 2. The van der Waals surface area contributed by atoms with E-state index in [0.29, 0.717) is 11.3 Å². The summed E-state index contributed by atoms with van der Waals surface area (Å²) in [6.45, 7) is 27.2. The average Bonchev–Trinajstić information content (AvgIpc) is 3.21. The number of allylic oxidation sites excluding steroid dienone is 4. The number of hydrogen-bond donors (Lipinski definition) is 0. The fourth-order valence-electron chi connectivity index (χ4n) is 5.00. The van der Waals surface area contributed by atoms with Gasteiger partial charge in [0.15, 0.2) is 0 Å². The predicted octanol–water partition coefficient (Wildman–Crippen LogP) is 9.89. The van der Waals surface area contributed by atoms with Gasteiger partial charge in [0.1, 0.15) is 0 Å². The zero-order chi connectivity index (χ0) is 24.9. The molecule has 34 heavy (non-hydrogen) atoms. The monoisotopic (exact) mass is 530 g/mol. The molecule has 0 amide bonds. The largest absolute Gasteiger partial charge is 2.00 e. The molecule has 3 aromatic rings. The molecular weight excluding hydrogens is 488 g/mol. The first kappa shape index (κ1) is 28.9. The third-order valence-electron chi connectivity index (χ3n) is 6.81. The molecule has 0 spiro atoms. The smallest absolute Gasteiger partial charge is 0.270 e. The van der Waals surface area contributed by atoms with E-state index < -0.39 is 0 Å². The molecule has 0 saturated heterocycles. The molecule has 4 rings (SSSR count). The summed E-state index contributed by atoms with van der Waals surface area (Å²) in [5.74, 6) is 0.522. The van der Waals surface area contributed by atoms with Crippen LogP contribution in [0.25, 0.3) is 21.5 Å². The van der Waals surface area contributed by atoms with Crippen LogP contribution in [0, 0.1) is 31.3 Å². The maximum atomic E-state index is 3.26. The Morgan fingerprint density at radius 3 is 1.35 bits per heavy atom. The van der Waals surface area contributed by atoms with Gasteiger partial charge in [-0.25, -0.2) is 6.08 Å². The molecule has 0 bridgehead atoms. The van der Waals surface area contributed by atoms with Crippen LogP contribution in [0.5, 0.6) is 0 Å². The van der Waals surface area contributed by atoms with E-state index in [2.05, 4.69) is 132 Å². The summed E-state index contributed by atoms with van der Waals surface area (Å²) < 4.78 is 0. The van der Waals surface area contributed by atoms with Crippen LogP contribution >= 0.6 is 0 Å². The van der Waals surface area contributed by atoms with Crippen molar-refractivity contribution in [1.82, 2.24) is 0 Å². The van der Waals surface area contributed by atoms with E-state index in [-0.39, 0.29) is 37.0 Å². The Labute approximate surface area is 228 Å². The normalized spacial score (nSPS) is 16.4. The number of benzene rings is 2. The van der Waals surface area contributed by atoms with Crippen molar-refractivity contribution in [1.29, 1.82) is 0 Å². The number of fused-ring (bicyclic) bond motifs is 3. The van der Waals surface area contributed by atoms with E-state index in [1.165, 1.54) is 49.4 Å². The maximum absolute atomic E-state index is 3.26. The third kappa shape index (κ3) is 6.26. The second kappa shape index (κ2) is 9.97. The molecule has 1 unspecified atom stereocenters. The van der Waals surface area contributed by atoms with Gasteiger partial charge in [-0.05, 0) is 24.7 Å². The molecule has 3 aromatic carbocycles. The number of rotatable bonds is 0. The Hall–Kier alpha value is -1.33. The van der Waals surface area contributed by atoms with Gasteiger partial charge < -0.3 is 0 Å². The van der Waals surface area contributed by atoms with E-state index in [1.54, 1.807) is 0 Å². The predicted molar refractivity (Wildman–Crippen MR) is 148 cm³/mol. The molecule has 180 valence electrons. The summed E-state index contributed by atoms with van der Waals surface area (Å²) in [5.41, 5.74) is 7.78. The van der Waals surface area contributed by atoms with E-state index in [1.807, 2.05) is 0 Å². The quantitative estimate of drug-likeness (QED) is 0.253. The van der Waals surface area contributed by atoms with Crippen LogP contribution in [-0.2, 0) is 37.0 Å². The molecular formula is C33H44Zr. The van der Waals surface area contributed by atoms with Gasteiger partial charge in [0.2, 0.25) is 0 Å². The minimum Gasteiger partial charge on any atom is -0.270 e. The minimum atomic E-state index is 0. The fourth-order valence-corrected chi connectivity index (χ4v) is 5.00. The van der Waals surface area contributed by atoms with Crippen molar-refractivity contribution in [3.63, 3.8) is 0 Å². The van der Waals surface area contributed by atoms with Gasteiger partial charge in [0, 0.05) is 0 Å². The van der Waals surface area contributed by atoms with Gasteiger partial charge in [-0.2, -0.15) is 11.6 Å². The zero-order valence-electron chi connectivity index (χ0n) is 23.6. The minimum absolute atomic E-state index is 0. The molecule has 0 N–H and O–H groups in total. The summed E-state index contributed by atoms with van der Waals surface area (Å²) in [6, 6.07) is 11.9. The Kier molecular flexibility index (Phi) is 8.48.